The molecule has 3 aromatic carbocycles. The van der Waals surface area contributed by atoms with Crippen molar-refractivity contribution in [2.45, 2.75) is 6.42 Å². The van der Waals surface area contributed by atoms with Gasteiger partial charge in [0, 0.05) is 53.4 Å². The highest BCUT2D eigenvalue weighted by Gasteiger charge is 2.17. The Morgan fingerprint density at radius 2 is 1.69 bits per heavy atom. The standard InChI is InChI=1S/C29H25ClN4O2/c1-34-18-20(22-9-4-7-13-27(22)34)16-26(33-28(35)23-10-2-5-11-24(23)30)29(36)31-15-14-19-17-32-25-12-6-3-8-21(19)25/h2-13,16-18,32H,14-15H2,1H3,(H,31,36)(H,33,35)/b26-16-. The summed E-state index contributed by atoms with van der Waals surface area (Å²) < 4.78 is 1.99. The van der Waals surface area contributed by atoms with Gasteiger partial charge in [0.2, 0.25) is 0 Å². The number of carbonyl (C=O) groups excluding carboxylic acids is 2. The highest BCUT2D eigenvalue weighted by molar-refractivity contribution is 6.34. The van der Waals surface area contributed by atoms with Crippen molar-refractivity contribution in [2.75, 3.05) is 6.54 Å². The van der Waals surface area contributed by atoms with Gasteiger partial charge in [-0.05, 0) is 42.3 Å². The fourth-order valence-electron chi connectivity index (χ4n) is 4.38. The van der Waals surface area contributed by atoms with Crippen LogP contribution >= 0.6 is 11.6 Å². The summed E-state index contributed by atoms with van der Waals surface area (Å²) in [4.78, 5) is 29.6. The normalized spacial score (nSPS) is 11.7. The van der Waals surface area contributed by atoms with Crippen molar-refractivity contribution in [1.29, 1.82) is 0 Å². The first-order valence-corrected chi connectivity index (χ1v) is 12.0. The van der Waals surface area contributed by atoms with Crippen LogP contribution in [0.15, 0.2) is 90.9 Å². The van der Waals surface area contributed by atoms with Crippen LogP contribution in [0.25, 0.3) is 27.9 Å². The molecule has 5 rings (SSSR count). The molecule has 5 aromatic rings. The zero-order chi connectivity index (χ0) is 25.1. The fraction of sp³-hybridized carbons (Fsp3) is 0.103. The lowest BCUT2D eigenvalue weighted by Gasteiger charge is -2.12. The third-order valence-corrected chi connectivity index (χ3v) is 6.52. The van der Waals surface area contributed by atoms with E-state index in [1.807, 2.05) is 66.5 Å². The van der Waals surface area contributed by atoms with Crippen LogP contribution in [0, 0.1) is 0 Å². The molecular formula is C29H25ClN4O2. The van der Waals surface area contributed by atoms with Crippen molar-refractivity contribution in [3.63, 3.8) is 0 Å². The molecule has 6 nitrogen and oxygen atoms in total. The van der Waals surface area contributed by atoms with E-state index in [-0.39, 0.29) is 11.6 Å². The minimum atomic E-state index is -0.445. The van der Waals surface area contributed by atoms with Gasteiger partial charge in [0.1, 0.15) is 5.70 Å². The van der Waals surface area contributed by atoms with Crippen LogP contribution < -0.4 is 10.6 Å². The number of halogens is 1. The summed E-state index contributed by atoms with van der Waals surface area (Å²) in [6.45, 7) is 0.412. The number of hydrogen-bond donors (Lipinski definition) is 3. The molecule has 7 heteroatoms. The number of para-hydroxylation sites is 2. The van der Waals surface area contributed by atoms with Crippen LogP contribution in [0.4, 0.5) is 0 Å². The minimum Gasteiger partial charge on any atom is -0.361 e. The van der Waals surface area contributed by atoms with Crippen LogP contribution in [0.2, 0.25) is 5.02 Å². The number of carbonyl (C=O) groups is 2. The molecule has 0 aliphatic rings. The van der Waals surface area contributed by atoms with E-state index in [0.29, 0.717) is 23.6 Å². The van der Waals surface area contributed by atoms with Crippen LogP contribution in [0.5, 0.6) is 0 Å². The van der Waals surface area contributed by atoms with E-state index >= 15 is 0 Å². The van der Waals surface area contributed by atoms with Crippen LogP contribution in [-0.4, -0.2) is 27.9 Å². The second-order valence-electron chi connectivity index (χ2n) is 8.57. The Bertz CT molecular complexity index is 1610. The maximum Gasteiger partial charge on any atom is 0.267 e. The first kappa shape index (κ1) is 23.5. The smallest absolute Gasteiger partial charge is 0.267 e. The van der Waals surface area contributed by atoms with Gasteiger partial charge in [-0.3, -0.25) is 9.59 Å². The Morgan fingerprint density at radius 1 is 0.972 bits per heavy atom. The molecule has 2 heterocycles. The Labute approximate surface area is 213 Å². The van der Waals surface area contributed by atoms with Gasteiger partial charge < -0.3 is 20.2 Å². The molecule has 0 radical (unpaired) electrons. The zero-order valence-corrected chi connectivity index (χ0v) is 20.5. The molecule has 0 aliphatic heterocycles. The van der Waals surface area contributed by atoms with Crippen molar-refractivity contribution in [1.82, 2.24) is 20.2 Å². The third-order valence-electron chi connectivity index (χ3n) is 6.19. The Morgan fingerprint density at radius 3 is 2.53 bits per heavy atom. The number of amides is 2. The highest BCUT2D eigenvalue weighted by atomic mass is 35.5. The number of H-pyrrole nitrogens is 1. The Balaban J connectivity index is 1.40. The van der Waals surface area contributed by atoms with Gasteiger partial charge in [0.05, 0.1) is 10.6 Å². The summed E-state index contributed by atoms with van der Waals surface area (Å²) in [7, 11) is 1.95. The number of fused-ring (bicyclic) bond motifs is 2. The van der Waals surface area contributed by atoms with Crippen molar-refractivity contribution < 1.29 is 9.59 Å². The molecule has 2 aromatic heterocycles. The zero-order valence-electron chi connectivity index (χ0n) is 19.7. The van der Waals surface area contributed by atoms with Gasteiger partial charge in [0.15, 0.2) is 0 Å². The van der Waals surface area contributed by atoms with Crippen molar-refractivity contribution in [2.24, 2.45) is 7.05 Å². The summed E-state index contributed by atoms with van der Waals surface area (Å²) in [6, 6.07) is 22.7. The molecule has 0 unspecified atom stereocenters. The van der Waals surface area contributed by atoms with Gasteiger partial charge in [-0.2, -0.15) is 0 Å². The lowest BCUT2D eigenvalue weighted by Crippen LogP contribution is -2.35. The Kier molecular flexibility index (Phi) is 6.60. The fourth-order valence-corrected chi connectivity index (χ4v) is 4.60. The second-order valence-corrected chi connectivity index (χ2v) is 8.98. The number of nitrogens with zero attached hydrogens (tertiary/aromatic N) is 1. The maximum absolute atomic E-state index is 13.3. The molecule has 0 bridgehead atoms. The third kappa shape index (κ3) is 4.76. The molecule has 36 heavy (non-hydrogen) atoms. The van der Waals surface area contributed by atoms with Gasteiger partial charge in [0.25, 0.3) is 11.8 Å². The first-order chi connectivity index (χ1) is 17.5. The largest absolute Gasteiger partial charge is 0.361 e. The van der Waals surface area contributed by atoms with E-state index in [0.717, 1.165) is 32.9 Å². The molecule has 0 atom stereocenters. The summed E-state index contributed by atoms with van der Waals surface area (Å²) in [5, 5.41) is 8.17. The topological polar surface area (TPSA) is 78.9 Å². The lowest BCUT2D eigenvalue weighted by atomic mass is 10.1. The van der Waals surface area contributed by atoms with E-state index in [1.54, 1.807) is 30.3 Å². The molecule has 0 fully saturated rings. The summed E-state index contributed by atoms with van der Waals surface area (Å²) in [5.74, 6) is -0.818. The maximum atomic E-state index is 13.3. The molecule has 0 saturated carbocycles. The summed E-state index contributed by atoms with van der Waals surface area (Å²) >= 11 is 6.23. The number of benzene rings is 3. The second kappa shape index (κ2) is 10.1. The molecule has 0 saturated heterocycles. The highest BCUT2D eigenvalue weighted by Crippen LogP contribution is 2.23. The Hall–Kier alpha value is -4.29. The first-order valence-electron chi connectivity index (χ1n) is 11.7. The number of hydrogen-bond acceptors (Lipinski definition) is 2. The molecule has 3 N–H and O–H groups in total. The number of aromatic amines is 1. The lowest BCUT2D eigenvalue weighted by molar-refractivity contribution is -0.117. The molecular weight excluding hydrogens is 472 g/mol. The average Bonchev–Trinajstić information content (AvgIpc) is 3.44. The number of aryl methyl sites for hydroxylation is 1. The predicted molar refractivity (Wildman–Crippen MR) is 145 cm³/mol. The van der Waals surface area contributed by atoms with Gasteiger partial charge in [-0.25, -0.2) is 0 Å². The number of nitrogens with one attached hydrogen (secondary N) is 3. The molecule has 0 aliphatic carbocycles. The van der Waals surface area contributed by atoms with Crippen molar-refractivity contribution >= 4 is 51.3 Å². The van der Waals surface area contributed by atoms with E-state index in [1.165, 1.54) is 0 Å². The van der Waals surface area contributed by atoms with Gasteiger partial charge >= 0.3 is 0 Å². The van der Waals surface area contributed by atoms with Gasteiger partial charge in [-0.1, -0.05) is 60.1 Å². The molecule has 2 amide bonds. The van der Waals surface area contributed by atoms with E-state index in [2.05, 4.69) is 21.7 Å². The van der Waals surface area contributed by atoms with Crippen LogP contribution in [-0.2, 0) is 18.3 Å². The number of aromatic nitrogens is 2. The van der Waals surface area contributed by atoms with E-state index in [4.69, 9.17) is 11.6 Å². The van der Waals surface area contributed by atoms with E-state index < -0.39 is 5.91 Å². The minimum absolute atomic E-state index is 0.148. The van der Waals surface area contributed by atoms with Crippen LogP contribution in [0.1, 0.15) is 21.5 Å². The van der Waals surface area contributed by atoms with E-state index in [9.17, 15) is 9.59 Å². The number of rotatable bonds is 7. The predicted octanol–water partition coefficient (Wildman–Crippen LogP) is 5.44. The molecule has 180 valence electrons. The molecule has 0 spiro atoms. The SMILES string of the molecule is Cn1cc(/C=C(\NC(=O)c2ccccc2Cl)C(=O)NCCc2c[nH]c3ccccc23)c2ccccc21. The quantitative estimate of drug-likeness (QED) is 0.262. The average molecular weight is 497 g/mol. The van der Waals surface area contributed by atoms with Crippen molar-refractivity contribution in [3.8, 4) is 0 Å². The summed E-state index contributed by atoms with van der Waals surface area (Å²) in [6.07, 6.45) is 6.25. The van der Waals surface area contributed by atoms with Crippen LogP contribution in [0.3, 0.4) is 0 Å². The van der Waals surface area contributed by atoms with Gasteiger partial charge in [-0.15, -0.1) is 0 Å². The monoisotopic (exact) mass is 496 g/mol. The van der Waals surface area contributed by atoms with Crippen molar-refractivity contribution in [3.05, 3.63) is 113 Å². The summed E-state index contributed by atoms with van der Waals surface area (Å²) in [5.41, 5.74) is 4.48.